The number of halogens is 2. The molecule has 0 spiro atoms. The van der Waals surface area contributed by atoms with Crippen molar-refractivity contribution < 1.29 is 18.7 Å². The Morgan fingerprint density at radius 1 is 1.19 bits per heavy atom. The molecule has 2 heterocycles. The van der Waals surface area contributed by atoms with Gasteiger partial charge in [0.15, 0.2) is 0 Å². The molecule has 1 aromatic carbocycles. The lowest BCUT2D eigenvalue weighted by Gasteiger charge is -2.33. The summed E-state index contributed by atoms with van der Waals surface area (Å²) in [6, 6.07) is 7.31. The standard InChI is InChI=1S/C22H27Cl2N3O4/c1-2-25-22(29)16-10-17(31-14-16)4-6-21(28)26-11-18-13-27(7-8-30-18)12-15-3-5-19(23)20(24)9-15/h3,5,9-10,14,18H,2,4,6-8,11-13H2,1H3,(H,25,29)(H,26,28)/t18-/m0/s1. The highest BCUT2D eigenvalue weighted by Crippen LogP contribution is 2.23. The van der Waals surface area contributed by atoms with E-state index in [1.165, 1.54) is 6.26 Å². The largest absolute Gasteiger partial charge is 0.468 e. The second kappa shape index (κ2) is 11.5. The highest BCUT2D eigenvalue weighted by molar-refractivity contribution is 6.42. The molecule has 0 unspecified atom stereocenters. The monoisotopic (exact) mass is 467 g/mol. The lowest BCUT2D eigenvalue weighted by Crippen LogP contribution is -2.47. The van der Waals surface area contributed by atoms with Gasteiger partial charge in [0, 0.05) is 45.6 Å². The number of rotatable bonds is 9. The lowest BCUT2D eigenvalue weighted by atomic mass is 10.2. The van der Waals surface area contributed by atoms with Crippen LogP contribution in [0.3, 0.4) is 0 Å². The highest BCUT2D eigenvalue weighted by Gasteiger charge is 2.21. The number of nitrogens with one attached hydrogen (secondary N) is 2. The Kier molecular flexibility index (Phi) is 8.78. The summed E-state index contributed by atoms with van der Waals surface area (Å²) in [6.07, 6.45) is 2.05. The van der Waals surface area contributed by atoms with Crippen molar-refractivity contribution in [2.24, 2.45) is 0 Å². The fraction of sp³-hybridized carbons (Fsp3) is 0.455. The maximum absolute atomic E-state index is 12.2. The Morgan fingerprint density at radius 2 is 2.03 bits per heavy atom. The van der Waals surface area contributed by atoms with Crippen molar-refractivity contribution in [1.82, 2.24) is 15.5 Å². The van der Waals surface area contributed by atoms with Crippen LogP contribution < -0.4 is 10.6 Å². The van der Waals surface area contributed by atoms with Gasteiger partial charge >= 0.3 is 0 Å². The van der Waals surface area contributed by atoms with Gasteiger partial charge in [-0.3, -0.25) is 14.5 Å². The fourth-order valence-corrected chi connectivity index (χ4v) is 3.71. The molecule has 1 saturated heterocycles. The van der Waals surface area contributed by atoms with Crippen LogP contribution in [0.1, 0.15) is 35.0 Å². The van der Waals surface area contributed by atoms with Gasteiger partial charge in [0.2, 0.25) is 5.91 Å². The summed E-state index contributed by atoms with van der Waals surface area (Å²) in [5.74, 6) is 0.348. The van der Waals surface area contributed by atoms with E-state index in [9.17, 15) is 9.59 Å². The van der Waals surface area contributed by atoms with Crippen molar-refractivity contribution in [2.75, 3.05) is 32.8 Å². The number of nitrogens with zero attached hydrogens (tertiary/aromatic N) is 1. The minimum atomic E-state index is -0.179. The Bertz CT molecular complexity index is 903. The van der Waals surface area contributed by atoms with Gasteiger partial charge in [0.1, 0.15) is 12.0 Å². The minimum absolute atomic E-state index is 0.0755. The Balaban J connectivity index is 1.39. The Labute approximate surface area is 192 Å². The number of benzene rings is 1. The van der Waals surface area contributed by atoms with Gasteiger partial charge in [0.25, 0.3) is 5.91 Å². The van der Waals surface area contributed by atoms with Gasteiger partial charge in [-0.1, -0.05) is 29.3 Å². The second-order valence-corrected chi connectivity index (χ2v) is 8.26. The van der Waals surface area contributed by atoms with Gasteiger partial charge in [0.05, 0.1) is 28.3 Å². The third-order valence-corrected chi connectivity index (χ3v) is 5.73. The van der Waals surface area contributed by atoms with Crippen molar-refractivity contribution in [2.45, 2.75) is 32.4 Å². The lowest BCUT2D eigenvalue weighted by molar-refractivity contribution is -0.122. The third kappa shape index (κ3) is 7.25. The molecule has 1 aromatic heterocycles. The van der Waals surface area contributed by atoms with Gasteiger partial charge < -0.3 is 19.8 Å². The number of morpholine rings is 1. The summed E-state index contributed by atoms with van der Waals surface area (Å²) in [5.41, 5.74) is 1.56. The summed E-state index contributed by atoms with van der Waals surface area (Å²) in [6.45, 7) is 5.74. The molecule has 0 radical (unpaired) electrons. The van der Waals surface area contributed by atoms with Crippen LogP contribution in [0.25, 0.3) is 0 Å². The van der Waals surface area contributed by atoms with Crippen molar-refractivity contribution >= 4 is 35.0 Å². The van der Waals surface area contributed by atoms with Gasteiger partial charge in [-0.05, 0) is 30.7 Å². The minimum Gasteiger partial charge on any atom is -0.468 e. The molecule has 2 amide bonds. The van der Waals surface area contributed by atoms with Crippen molar-refractivity contribution in [3.05, 3.63) is 57.5 Å². The summed E-state index contributed by atoms with van der Waals surface area (Å²) in [5, 5.41) is 6.73. The molecule has 9 heteroatoms. The van der Waals surface area contributed by atoms with Gasteiger partial charge in [-0.25, -0.2) is 0 Å². The first kappa shape index (κ1) is 23.6. The zero-order valence-electron chi connectivity index (χ0n) is 17.5. The third-order valence-electron chi connectivity index (χ3n) is 4.99. The Morgan fingerprint density at radius 3 is 2.81 bits per heavy atom. The summed E-state index contributed by atoms with van der Waals surface area (Å²) in [7, 11) is 0. The number of amides is 2. The molecule has 7 nitrogen and oxygen atoms in total. The molecule has 1 aliphatic rings. The number of ether oxygens (including phenoxy) is 1. The van der Waals surface area contributed by atoms with E-state index in [1.807, 2.05) is 19.1 Å². The van der Waals surface area contributed by atoms with E-state index >= 15 is 0 Å². The van der Waals surface area contributed by atoms with Crippen molar-refractivity contribution in [3.63, 3.8) is 0 Å². The summed E-state index contributed by atoms with van der Waals surface area (Å²) >= 11 is 12.1. The fourth-order valence-electron chi connectivity index (χ4n) is 3.39. The summed E-state index contributed by atoms with van der Waals surface area (Å²) in [4.78, 5) is 26.3. The quantitative estimate of drug-likeness (QED) is 0.590. The van der Waals surface area contributed by atoms with E-state index in [0.717, 1.165) is 18.7 Å². The zero-order chi connectivity index (χ0) is 22.2. The van der Waals surface area contributed by atoms with Crippen molar-refractivity contribution in [3.8, 4) is 0 Å². The zero-order valence-corrected chi connectivity index (χ0v) is 19.0. The maximum atomic E-state index is 12.2. The van der Waals surface area contributed by atoms with E-state index in [0.29, 0.717) is 54.0 Å². The SMILES string of the molecule is CCNC(=O)c1coc(CCC(=O)NC[C@H]2CN(Cc3ccc(Cl)c(Cl)c3)CCO2)c1. The average Bonchev–Trinajstić information content (AvgIpc) is 3.23. The van der Waals surface area contributed by atoms with Crippen LogP contribution in [0.2, 0.25) is 10.0 Å². The first-order chi connectivity index (χ1) is 14.9. The molecule has 3 rings (SSSR count). The molecule has 31 heavy (non-hydrogen) atoms. The number of carbonyl (C=O) groups is 2. The molecule has 0 bridgehead atoms. The van der Waals surface area contributed by atoms with Gasteiger partial charge in [-0.15, -0.1) is 0 Å². The molecular weight excluding hydrogens is 441 g/mol. The Hall–Kier alpha value is -2.06. The highest BCUT2D eigenvalue weighted by atomic mass is 35.5. The first-order valence-corrected chi connectivity index (χ1v) is 11.1. The molecule has 1 fully saturated rings. The van der Waals surface area contributed by atoms with Crippen LogP contribution in [-0.2, 0) is 22.5 Å². The van der Waals surface area contributed by atoms with Crippen LogP contribution in [0.5, 0.6) is 0 Å². The van der Waals surface area contributed by atoms with Crippen LogP contribution in [0, 0.1) is 0 Å². The van der Waals surface area contributed by atoms with E-state index in [-0.39, 0.29) is 24.3 Å². The van der Waals surface area contributed by atoms with E-state index in [1.54, 1.807) is 12.1 Å². The molecular formula is C22H27Cl2N3O4. The predicted molar refractivity (Wildman–Crippen MR) is 120 cm³/mol. The normalized spacial score (nSPS) is 16.8. The number of carbonyl (C=O) groups excluding carboxylic acids is 2. The molecule has 168 valence electrons. The number of hydrogen-bond acceptors (Lipinski definition) is 5. The maximum Gasteiger partial charge on any atom is 0.254 e. The van der Waals surface area contributed by atoms with Crippen LogP contribution in [0.4, 0.5) is 0 Å². The smallest absolute Gasteiger partial charge is 0.254 e. The molecule has 1 aliphatic heterocycles. The molecule has 0 aliphatic carbocycles. The van der Waals surface area contributed by atoms with E-state index in [2.05, 4.69) is 15.5 Å². The predicted octanol–water partition coefficient (Wildman–Crippen LogP) is 3.29. The van der Waals surface area contributed by atoms with Crippen LogP contribution in [0.15, 0.2) is 34.9 Å². The second-order valence-electron chi connectivity index (χ2n) is 7.44. The van der Waals surface area contributed by atoms with Crippen molar-refractivity contribution in [1.29, 1.82) is 0 Å². The summed E-state index contributed by atoms with van der Waals surface area (Å²) < 4.78 is 11.2. The van der Waals surface area contributed by atoms with E-state index < -0.39 is 0 Å². The number of hydrogen-bond donors (Lipinski definition) is 2. The first-order valence-electron chi connectivity index (χ1n) is 10.3. The molecule has 0 saturated carbocycles. The van der Waals surface area contributed by atoms with Gasteiger partial charge in [-0.2, -0.15) is 0 Å². The number of furan rings is 1. The molecule has 1 atom stereocenters. The molecule has 2 aromatic rings. The number of aryl methyl sites for hydroxylation is 1. The average molecular weight is 468 g/mol. The van der Waals surface area contributed by atoms with Crippen LogP contribution in [-0.4, -0.2) is 55.6 Å². The molecule has 2 N–H and O–H groups in total. The van der Waals surface area contributed by atoms with E-state index in [4.69, 9.17) is 32.4 Å². The topological polar surface area (TPSA) is 83.8 Å². The van der Waals surface area contributed by atoms with Crippen LogP contribution >= 0.6 is 23.2 Å².